The minimum Gasteiger partial charge on any atom is -0.481 e. The first-order valence-electron chi connectivity index (χ1n) is 6.20. The van der Waals surface area contributed by atoms with E-state index in [1.165, 1.54) is 0 Å². The van der Waals surface area contributed by atoms with Crippen molar-refractivity contribution in [2.24, 2.45) is 5.92 Å². The van der Waals surface area contributed by atoms with Crippen molar-refractivity contribution in [1.82, 2.24) is 5.32 Å². The molecule has 0 aliphatic carbocycles. The summed E-state index contributed by atoms with van der Waals surface area (Å²) in [6, 6.07) is 6.80. The first-order valence-corrected chi connectivity index (χ1v) is 8.39. The van der Waals surface area contributed by atoms with Crippen molar-refractivity contribution in [2.45, 2.75) is 19.4 Å². The Hall–Kier alpha value is -1.01. The number of hydrogen-bond donors (Lipinski definition) is 2. The smallest absolute Gasteiger partial charge is 0.305 e. The second-order valence-electron chi connectivity index (χ2n) is 4.57. The lowest BCUT2D eigenvalue weighted by Gasteiger charge is -2.20. The SMILES string of the molecule is CSC[C@@H](C)C(=O)N[C@H](CC(=O)O)c1ccc(Br)cc1. The third-order valence-corrected chi connectivity index (χ3v) is 4.19. The zero-order valence-corrected chi connectivity index (χ0v) is 13.8. The van der Waals surface area contributed by atoms with Crippen LogP contribution in [0.2, 0.25) is 0 Å². The number of thioether (sulfide) groups is 1. The summed E-state index contributed by atoms with van der Waals surface area (Å²) >= 11 is 4.93. The van der Waals surface area contributed by atoms with Crippen LogP contribution in [0.25, 0.3) is 0 Å². The maximum atomic E-state index is 12.0. The minimum absolute atomic E-state index is 0.117. The fraction of sp³-hybridized carbons (Fsp3) is 0.429. The highest BCUT2D eigenvalue weighted by Crippen LogP contribution is 2.20. The van der Waals surface area contributed by atoms with E-state index in [0.29, 0.717) is 5.75 Å². The molecule has 4 nitrogen and oxygen atoms in total. The van der Waals surface area contributed by atoms with E-state index < -0.39 is 12.0 Å². The van der Waals surface area contributed by atoms with Gasteiger partial charge in [-0.05, 0) is 24.0 Å². The van der Waals surface area contributed by atoms with Crippen LogP contribution >= 0.6 is 27.7 Å². The Balaban J connectivity index is 2.81. The molecule has 0 aliphatic rings. The second-order valence-corrected chi connectivity index (χ2v) is 6.39. The number of carbonyl (C=O) groups excluding carboxylic acids is 1. The molecule has 1 aromatic carbocycles. The molecule has 0 heterocycles. The molecule has 2 N–H and O–H groups in total. The first-order chi connectivity index (χ1) is 9.43. The van der Waals surface area contributed by atoms with Crippen molar-refractivity contribution < 1.29 is 14.7 Å². The number of halogens is 1. The summed E-state index contributed by atoms with van der Waals surface area (Å²) in [6.45, 7) is 1.84. The molecule has 0 unspecified atom stereocenters. The number of hydrogen-bond acceptors (Lipinski definition) is 3. The predicted octanol–water partition coefficient (Wildman–Crippen LogP) is 3.08. The maximum absolute atomic E-state index is 12.0. The predicted molar refractivity (Wildman–Crippen MR) is 84.8 cm³/mol. The van der Waals surface area contributed by atoms with Gasteiger partial charge in [-0.2, -0.15) is 11.8 Å². The molecule has 0 aromatic heterocycles. The van der Waals surface area contributed by atoms with Crippen LogP contribution in [0.4, 0.5) is 0 Å². The van der Waals surface area contributed by atoms with E-state index in [4.69, 9.17) is 5.11 Å². The summed E-state index contributed by atoms with van der Waals surface area (Å²) in [5, 5.41) is 11.8. The molecular formula is C14H18BrNO3S. The lowest BCUT2D eigenvalue weighted by atomic mass is 10.0. The van der Waals surface area contributed by atoms with Crippen LogP contribution in [0.15, 0.2) is 28.7 Å². The Morgan fingerprint density at radius 1 is 1.35 bits per heavy atom. The molecule has 110 valence electrons. The average Bonchev–Trinajstić information content (AvgIpc) is 2.38. The van der Waals surface area contributed by atoms with Crippen molar-refractivity contribution >= 4 is 39.6 Å². The van der Waals surface area contributed by atoms with E-state index in [1.807, 2.05) is 37.4 Å². The highest BCUT2D eigenvalue weighted by molar-refractivity contribution is 9.10. The molecule has 1 amide bonds. The highest BCUT2D eigenvalue weighted by Gasteiger charge is 2.21. The van der Waals surface area contributed by atoms with Gasteiger partial charge in [0.05, 0.1) is 12.5 Å². The van der Waals surface area contributed by atoms with Crippen molar-refractivity contribution in [3.05, 3.63) is 34.3 Å². The molecule has 0 aliphatic heterocycles. The molecule has 0 radical (unpaired) electrons. The van der Waals surface area contributed by atoms with Crippen molar-refractivity contribution in [2.75, 3.05) is 12.0 Å². The van der Waals surface area contributed by atoms with Crippen LogP contribution in [-0.2, 0) is 9.59 Å². The lowest BCUT2D eigenvalue weighted by molar-refractivity contribution is -0.137. The largest absolute Gasteiger partial charge is 0.481 e. The number of carboxylic acid groups (broad SMARTS) is 1. The molecule has 0 spiro atoms. The molecule has 0 bridgehead atoms. The normalized spacial score (nSPS) is 13.6. The van der Waals surface area contributed by atoms with Crippen LogP contribution in [0.1, 0.15) is 24.9 Å². The highest BCUT2D eigenvalue weighted by atomic mass is 79.9. The number of rotatable bonds is 7. The summed E-state index contributed by atoms with van der Waals surface area (Å²) in [7, 11) is 0. The van der Waals surface area contributed by atoms with Gasteiger partial charge in [-0.15, -0.1) is 0 Å². The Bertz CT molecular complexity index is 464. The van der Waals surface area contributed by atoms with E-state index in [1.54, 1.807) is 11.8 Å². The van der Waals surface area contributed by atoms with E-state index in [-0.39, 0.29) is 18.2 Å². The quantitative estimate of drug-likeness (QED) is 0.784. The fourth-order valence-corrected chi connectivity index (χ4v) is 2.68. The van der Waals surface area contributed by atoms with Crippen LogP contribution < -0.4 is 5.32 Å². The van der Waals surface area contributed by atoms with Gasteiger partial charge in [0.1, 0.15) is 0 Å². The van der Waals surface area contributed by atoms with Crippen LogP contribution in [0.5, 0.6) is 0 Å². The number of benzene rings is 1. The van der Waals surface area contributed by atoms with Crippen molar-refractivity contribution in [1.29, 1.82) is 0 Å². The van der Waals surface area contributed by atoms with E-state index in [2.05, 4.69) is 21.2 Å². The summed E-state index contributed by atoms with van der Waals surface area (Å²) in [6.07, 6.45) is 1.81. The molecule has 1 aromatic rings. The van der Waals surface area contributed by atoms with Crippen molar-refractivity contribution in [3.8, 4) is 0 Å². The molecule has 0 fully saturated rings. The van der Waals surface area contributed by atoms with Gasteiger partial charge in [-0.25, -0.2) is 0 Å². The summed E-state index contributed by atoms with van der Waals surface area (Å²) in [5.74, 6) is -0.479. The number of amides is 1. The van der Waals surface area contributed by atoms with E-state index >= 15 is 0 Å². The van der Waals surface area contributed by atoms with E-state index in [0.717, 1.165) is 10.0 Å². The van der Waals surface area contributed by atoms with Gasteiger partial charge in [0.15, 0.2) is 0 Å². The zero-order valence-electron chi connectivity index (χ0n) is 11.4. The monoisotopic (exact) mass is 359 g/mol. The van der Waals surface area contributed by atoms with Gasteiger partial charge >= 0.3 is 5.97 Å². The molecule has 1 rings (SSSR count). The Morgan fingerprint density at radius 2 is 1.95 bits per heavy atom. The maximum Gasteiger partial charge on any atom is 0.305 e. The third kappa shape index (κ3) is 5.54. The van der Waals surface area contributed by atoms with Gasteiger partial charge in [-0.1, -0.05) is 35.0 Å². The molecular weight excluding hydrogens is 342 g/mol. The number of aliphatic carboxylic acids is 1. The second kappa shape index (κ2) is 8.32. The standard InChI is InChI=1S/C14H18BrNO3S/c1-9(8-20-2)14(19)16-12(7-13(17)18)10-3-5-11(15)6-4-10/h3-6,9,12H,7-8H2,1-2H3,(H,16,19)(H,17,18)/t9-,12-/m1/s1. The molecule has 0 saturated carbocycles. The summed E-state index contributed by atoms with van der Waals surface area (Å²) in [5.41, 5.74) is 0.792. The zero-order chi connectivity index (χ0) is 15.1. The van der Waals surface area contributed by atoms with Gasteiger partial charge in [-0.3, -0.25) is 9.59 Å². The minimum atomic E-state index is -0.935. The summed E-state index contributed by atoms with van der Waals surface area (Å²) < 4.78 is 0.914. The average molecular weight is 360 g/mol. The first kappa shape index (κ1) is 17.0. The van der Waals surface area contributed by atoms with Gasteiger partial charge in [0, 0.05) is 16.1 Å². The van der Waals surface area contributed by atoms with Gasteiger partial charge < -0.3 is 10.4 Å². The Morgan fingerprint density at radius 3 is 2.45 bits per heavy atom. The molecule has 20 heavy (non-hydrogen) atoms. The number of nitrogens with one attached hydrogen (secondary N) is 1. The number of carbonyl (C=O) groups is 2. The molecule has 6 heteroatoms. The topological polar surface area (TPSA) is 66.4 Å². The van der Waals surface area contributed by atoms with Crippen LogP contribution in [0.3, 0.4) is 0 Å². The number of carboxylic acids is 1. The fourth-order valence-electron chi connectivity index (χ4n) is 1.76. The lowest BCUT2D eigenvalue weighted by Crippen LogP contribution is -2.34. The van der Waals surface area contributed by atoms with Crippen LogP contribution in [-0.4, -0.2) is 29.0 Å². The van der Waals surface area contributed by atoms with Crippen LogP contribution in [0, 0.1) is 5.92 Å². The molecule has 0 saturated heterocycles. The van der Waals surface area contributed by atoms with Gasteiger partial charge in [0.25, 0.3) is 0 Å². The van der Waals surface area contributed by atoms with Crippen molar-refractivity contribution in [3.63, 3.8) is 0 Å². The van der Waals surface area contributed by atoms with Gasteiger partial charge in [0.2, 0.25) is 5.91 Å². The Kier molecular flexibility index (Phi) is 7.09. The Labute approximate surface area is 131 Å². The molecule has 2 atom stereocenters. The third-order valence-electron chi connectivity index (χ3n) is 2.83. The van der Waals surface area contributed by atoms with E-state index in [9.17, 15) is 9.59 Å². The summed E-state index contributed by atoms with van der Waals surface area (Å²) in [4.78, 5) is 23.0.